The number of carbonyl (C=O) groups is 2. The highest BCUT2D eigenvalue weighted by Crippen LogP contribution is 2.26. The van der Waals surface area contributed by atoms with Gasteiger partial charge in [-0.25, -0.2) is 4.79 Å². The van der Waals surface area contributed by atoms with Crippen molar-refractivity contribution in [3.63, 3.8) is 0 Å². The number of benzene rings is 2. The van der Waals surface area contributed by atoms with Crippen molar-refractivity contribution in [2.24, 2.45) is 0 Å². The van der Waals surface area contributed by atoms with Crippen molar-refractivity contribution in [1.82, 2.24) is 10.2 Å². The monoisotopic (exact) mass is 500 g/mol. The molecule has 0 spiro atoms. The molecule has 31 heavy (non-hydrogen) atoms. The third-order valence-corrected chi connectivity index (χ3v) is 6.85. The van der Waals surface area contributed by atoms with Crippen molar-refractivity contribution in [2.45, 2.75) is 11.3 Å². The minimum atomic E-state index is -4.14. The molecule has 1 amide bonds. The second kappa shape index (κ2) is 9.60. The van der Waals surface area contributed by atoms with Crippen LogP contribution in [0.5, 0.6) is 0 Å². The SMILES string of the molecule is CCOC(=O)c1cc(NS(=O)(=O)c2nnc(NC(=O)c3ccc(Cl)cc3)s2)ccc1Cl. The number of ether oxygens (including phenoxy) is 1. The van der Waals surface area contributed by atoms with Crippen LogP contribution in [-0.4, -0.2) is 37.1 Å². The summed E-state index contributed by atoms with van der Waals surface area (Å²) in [4.78, 5) is 24.2. The Bertz CT molecular complexity index is 1230. The zero-order chi connectivity index (χ0) is 22.6. The number of rotatable bonds is 7. The van der Waals surface area contributed by atoms with E-state index in [9.17, 15) is 18.0 Å². The highest BCUT2D eigenvalue weighted by molar-refractivity contribution is 7.94. The van der Waals surface area contributed by atoms with E-state index >= 15 is 0 Å². The van der Waals surface area contributed by atoms with Gasteiger partial charge >= 0.3 is 5.97 Å². The molecule has 9 nitrogen and oxygen atoms in total. The maximum atomic E-state index is 12.6. The molecule has 0 aliphatic heterocycles. The molecule has 0 aliphatic carbocycles. The summed E-state index contributed by atoms with van der Waals surface area (Å²) in [7, 11) is -4.14. The van der Waals surface area contributed by atoms with Crippen LogP contribution in [0.3, 0.4) is 0 Å². The van der Waals surface area contributed by atoms with Crippen molar-refractivity contribution < 1.29 is 22.7 Å². The number of anilines is 2. The van der Waals surface area contributed by atoms with Gasteiger partial charge in [-0.1, -0.05) is 34.5 Å². The molecule has 3 rings (SSSR count). The molecule has 0 radical (unpaired) electrons. The first-order valence-electron chi connectivity index (χ1n) is 8.59. The van der Waals surface area contributed by atoms with E-state index in [0.717, 1.165) is 0 Å². The lowest BCUT2D eigenvalue weighted by atomic mass is 10.2. The van der Waals surface area contributed by atoms with Crippen LogP contribution >= 0.6 is 34.5 Å². The Balaban J connectivity index is 1.75. The predicted octanol–water partition coefficient (Wildman–Crippen LogP) is 4.07. The number of amides is 1. The van der Waals surface area contributed by atoms with E-state index in [1.165, 1.54) is 30.3 Å². The Labute approximate surface area is 191 Å². The van der Waals surface area contributed by atoms with E-state index in [-0.39, 0.29) is 32.4 Å². The number of hydrogen-bond acceptors (Lipinski definition) is 8. The van der Waals surface area contributed by atoms with Crippen LogP contribution in [0.2, 0.25) is 10.0 Å². The minimum Gasteiger partial charge on any atom is -0.462 e. The van der Waals surface area contributed by atoms with Crippen LogP contribution in [0.1, 0.15) is 27.6 Å². The molecular weight excluding hydrogens is 487 g/mol. The number of esters is 1. The van der Waals surface area contributed by atoms with E-state index in [0.29, 0.717) is 21.9 Å². The topological polar surface area (TPSA) is 127 Å². The second-order valence-corrected chi connectivity index (χ2v) is 9.53. The standard InChI is InChI=1S/C18H14Cl2N4O5S2/c1-2-29-16(26)13-9-12(7-8-14(13)20)24-31(27,28)18-23-22-17(30-18)21-15(25)10-3-5-11(19)6-4-10/h3-9,24H,2H2,1H3,(H,21,22,25). The summed E-state index contributed by atoms with van der Waals surface area (Å²) in [5.74, 6) is -1.18. The maximum absolute atomic E-state index is 12.6. The summed E-state index contributed by atoms with van der Waals surface area (Å²) in [6.07, 6.45) is 0. The molecule has 0 bridgehead atoms. The molecule has 0 fully saturated rings. The third kappa shape index (κ3) is 5.70. The molecule has 0 aliphatic rings. The molecule has 0 saturated carbocycles. The molecule has 1 heterocycles. The van der Waals surface area contributed by atoms with Crippen molar-refractivity contribution in [2.75, 3.05) is 16.6 Å². The van der Waals surface area contributed by atoms with Crippen LogP contribution in [0, 0.1) is 0 Å². The molecule has 0 unspecified atom stereocenters. The van der Waals surface area contributed by atoms with E-state index in [4.69, 9.17) is 27.9 Å². The number of aromatic nitrogens is 2. The number of carbonyl (C=O) groups excluding carboxylic acids is 2. The van der Waals surface area contributed by atoms with Gasteiger partial charge in [0.1, 0.15) is 0 Å². The first-order chi connectivity index (χ1) is 14.7. The van der Waals surface area contributed by atoms with Gasteiger partial charge < -0.3 is 4.74 Å². The third-order valence-electron chi connectivity index (χ3n) is 3.68. The number of hydrogen-bond donors (Lipinski definition) is 2. The van der Waals surface area contributed by atoms with Crippen molar-refractivity contribution in [3.05, 3.63) is 63.6 Å². The average molecular weight is 501 g/mol. The van der Waals surface area contributed by atoms with Crippen LogP contribution in [-0.2, 0) is 14.8 Å². The Hall–Kier alpha value is -2.73. The number of nitrogens with zero attached hydrogens (tertiary/aromatic N) is 2. The molecular formula is C18H14Cl2N4O5S2. The van der Waals surface area contributed by atoms with Gasteiger partial charge in [-0.05, 0) is 49.4 Å². The predicted molar refractivity (Wildman–Crippen MR) is 118 cm³/mol. The number of sulfonamides is 1. The maximum Gasteiger partial charge on any atom is 0.339 e. The summed E-state index contributed by atoms with van der Waals surface area (Å²) in [5, 5.41) is 10.4. The lowest BCUT2D eigenvalue weighted by Crippen LogP contribution is -2.14. The first kappa shape index (κ1) is 22.9. The summed E-state index contributed by atoms with van der Waals surface area (Å²) in [6, 6.07) is 10.1. The average Bonchev–Trinajstić information content (AvgIpc) is 3.19. The Morgan fingerprint density at radius 1 is 1.10 bits per heavy atom. The zero-order valence-corrected chi connectivity index (χ0v) is 18.9. The fourth-order valence-electron chi connectivity index (χ4n) is 2.29. The van der Waals surface area contributed by atoms with Crippen LogP contribution < -0.4 is 10.0 Å². The van der Waals surface area contributed by atoms with Gasteiger partial charge in [-0.15, -0.1) is 10.2 Å². The Morgan fingerprint density at radius 2 is 1.81 bits per heavy atom. The molecule has 0 atom stereocenters. The van der Waals surface area contributed by atoms with Gasteiger partial charge in [-0.2, -0.15) is 8.42 Å². The van der Waals surface area contributed by atoms with E-state index in [1.54, 1.807) is 19.1 Å². The summed E-state index contributed by atoms with van der Waals surface area (Å²) in [6.45, 7) is 1.78. The minimum absolute atomic E-state index is 0.0105. The van der Waals surface area contributed by atoms with Crippen molar-refractivity contribution >= 4 is 67.3 Å². The Morgan fingerprint density at radius 3 is 2.48 bits per heavy atom. The first-order valence-corrected chi connectivity index (χ1v) is 11.6. The number of halogens is 2. The second-order valence-electron chi connectivity index (χ2n) is 5.85. The van der Waals surface area contributed by atoms with Gasteiger partial charge in [0.2, 0.25) is 5.13 Å². The normalized spacial score (nSPS) is 11.1. The lowest BCUT2D eigenvalue weighted by Gasteiger charge is -2.08. The molecule has 2 N–H and O–H groups in total. The van der Waals surface area contributed by atoms with Gasteiger partial charge in [0.25, 0.3) is 20.3 Å². The van der Waals surface area contributed by atoms with Gasteiger partial charge in [0, 0.05) is 16.3 Å². The highest BCUT2D eigenvalue weighted by Gasteiger charge is 2.22. The quantitative estimate of drug-likeness (QED) is 0.369. The van der Waals surface area contributed by atoms with Crippen LogP contribution in [0.15, 0.2) is 46.8 Å². The van der Waals surface area contributed by atoms with E-state index < -0.39 is 21.9 Å². The smallest absolute Gasteiger partial charge is 0.339 e. The summed E-state index contributed by atoms with van der Waals surface area (Å²) in [5.41, 5.74) is 0.404. The fraction of sp³-hybridized carbons (Fsp3) is 0.111. The highest BCUT2D eigenvalue weighted by atomic mass is 35.5. The zero-order valence-electron chi connectivity index (χ0n) is 15.8. The molecule has 0 saturated heterocycles. The van der Waals surface area contributed by atoms with Gasteiger partial charge in [0.05, 0.1) is 17.2 Å². The molecule has 162 valence electrons. The lowest BCUT2D eigenvalue weighted by molar-refractivity contribution is 0.0526. The largest absolute Gasteiger partial charge is 0.462 e. The van der Waals surface area contributed by atoms with Crippen LogP contribution in [0.4, 0.5) is 10.8 Å². The van der Waals surface area contributed by atoms with E-state index in [2.05, 4.69) is 20.2 Å². The molecule has 2 aromatic carbocycles. The summed E-state index contributed by atoms with van der Waals surface area (Å²) < 4.78 is 32.0. The molecule has 3 aromatic rings. The van der Waals surface area contributed by atoms with Crippen molar-refractivity contribution in [3.8, 4) is 0 Å². The molecule has 1 aromatic heterocycles. The van der Waals surface area contributed by atoms with Crippen molar-refractivity contribution in [1.29, 1.82) is 0 Å². The van der Waals surface area contributed by atoms with E-state index in [1.807, 2.05) is 0 Å². The van der Waals surface area contributed by atoms with Crippen LogP contribution in [0.25, 0.3) is 0 Å². The Kier molecular flexibility index (Phi) is 7.11. The van der Waals surface area contributed by atoms with Gasteiger partial charge in [0.15, 0.2) is 0 Å². The fourth-order valence-corrected chi connectivity index (χ4v) is 4.56. The number of nitrogens with one attached hydrogen (secondary N) is 2. The molecule has 13 heteroatoms. The summed E-state index contributed by atoms with van der Waals surface area (Å²) >= 11 is 12.4. The van der Waals surface area contributed by atoms with Gasteiger partial charge in [-0.3, -0.25) is 14.8 Å².